The van der Waals surface area contributed by atoms with Crippen molar-refractivity contribution < 1.29 is 9.53 Å². The fourth-order valence-electron chi connectivity index (χ4n) is 3.25. The van der Waals surface area contributed by atoms with Gasteiger partial charge in [-0.25, -0.2) is 4.79 Å². The normalized spacial score (nSPS) is 13.6. The van der Waals surface area contributed by atoms with E-state index in [4.69, 9.17) is 4.74 Å². The molecular weight excluding hydrogens is 312 g/mol. The monoisotopic (exact) mass is 336 g/mol. The lowest BCUT2D eigenvalue weighted by Crippen LogP contribution is -2.32. The smallest absolute Gasteiger partial charge is 0.327 e. The minimum absolute atomic E-state index is 0.0173. The third kappa shape index (κ3) is 3.59. The lowest BCUT2D eigenvalue weighted by atomic mass is 10.0. The first kappa shape index (κ1) is 17.2. The average molecular weight is 336 g/mol. The van der Waals surface area contributed by atoms with E-state index in [1.807, 2.05) is 56.3 Å². The van der Waals surface area contributed by atoms with Crippen molar-refractivity contribution in [2.45, 2.75) is 32.9 Å². The maximum Gasteiger partial charge on any atom is 0.327 e. The van der Waals surface area contributed by atoms with E-state index in [-0.39, 0.29) is 12.0 Å². The Balaban J connectivity index is 2.00. The number of carbonyl (C=O) groups is 1. The quantitative estimate of drug-likeness (QED) is 0.655. The Kier molecular flexibility index (Phi) is 5.19. The predicted molar refractivity (Wildman–Crippen MR) is 100 cm³/mol. The van der Waals surface area contributed by atoms with Gasteiger partial charge in [0.1, 0.15) is 6.04 Å². The van der Waals surface area contributed by atoms with Crippen LogP contribution in [0.3, 0.4) is 0 Å². The summed E-state index contributed by atoms with van der Waals surface area (Å²) < 4.78 is 5.35. The molecule has 0 amide bonds. The SMILES string of the molecule is CCOC(=O)C(N[C@H](C)c1ccccc1)c1c(C)[nH]c2ccccc12. The molecular formula is C21H24N2O2. The van der Waals surface area contributed by atoms with Crippen LogP contribution < -0.4 is 5.32 Å². The second-order valence-corrected chi connectivity index (χ2v) is 6.19. The fraction of sp³-hybridized carbons (Fsp3) is 0.286. The first-order valence-electron chi connectivity index (χ1n) is 8.66. The van der Waals surface area contributed by atoms with E-state index in [2.05, 4.69) is 29.4 Å². The zero-order chi connectivity index (χ0) is 17.8. The van der Waals surface area contributed by atoms with Gasteiger partial charge in [-0.15, -0.1) is 0 Å². The number of aromatic nitrogens is 1. The third-order valence-corrected chi connectivity index (χ3v) is 4.47. The molecule has 4 nitrogen and oxygen atoms in total. The summed E-state index contributed by atoms with van der Waals surface area (Å²) >= 11 is 0. The molecule has 2 atom stereocenters. The molecule has 3 aromatic rings. The molecule has 0 spiro atoms. The van der Waals surface area contributed by atoms with Crippen LogP contribution in [-0.4, -0.2) is 17.6 Å². The Morgan fingerprint density at radius 2 is 1.80 bits per heavy atom. The number of hydrogen-bond donors (Lipinski definition) is 2. The molecule has 1 unspecified atom stereocenters. The van der Waals surface area contributed by atoms with Crippen LogP contribution in [0, 0.1) is 6.92 Å². The minimum Gasteiger partial charge on any atom is -0.465 e. The zero-order valence-corrected chi connectivity index (χ0v) is 14.9. The van der Waals surface area contributed by atoms with Crippen molar-refractivity contribution in [2.24, 2.45) is 0 Å². The van der Waals surface area contributed by atoms with Crippen LogP contribution in [-0.2, 0) is 9.53 Å². The lowest BCUT2D eigenvalue weighted by molar-refractivity contribution is -0.146. The number of H-pyrrole nitrogens is 1. The summed E-state index contributed by atoms with van der Waals surface area (Å²) in [6.45, 7) is 6.25. The Morgan fingerprint density at radius 1 is 1.12 bits per heavy atom. The summed E-state index contributed by atoms with van der Waals surface area (Å²) in [5.74, 6) is -0.252. The van der Waals surface area contributed by atoms with Crippen molar-refractivity contribution in [2.75, 3.05) is 6.61 Å². The van der Waals surface area contributed by atoms with Gasteiger partial charge in [0.2, 0.25) is 0 Å². The van der Waals surface area contributed by atoms with Crippen molar-refractivity contribution in [3.05, 3.63) is 71.4 Å². The summed E-state index contributed by atoms with van der Waals surface area (Å²) in [6, 6.07) is 17.6. The van der Waals surface area contributed by atoms with Crippen molar-refractivity contribution in [1.29, 1.82) is 0 Å². The maximum absolute atomic E-state index is 12.7. The Hall–Kier alpha value is -2.59. The van der Waals surface area contributed by atoms with E-state index in [1.54, 1.807) is 0 Å². The highest BCUT2D eigenvalue weighted by Gasteiger charge is 2.28. The highest BCUT2D eigenvalue weighted by Crippen LogP contribution is 2.30. The van der Waals surface area contributed by atoms with E-state index in [0.29, 0.717) is 6.61 Å². The number of aromatic amines is 1. The Morgan fingerprint density at radius 3 is 2.52 bits per heavy atom. The topological polar surface area (TPSA) is 54.1 Å². The van der Waals surface area contributed by atoms with Crippen LogP contribution in [0.1, 0.15) is 42.8 Å². The minimum atomic E-state index is -0.522. The molecule has 0 aliphatic carbocycles. The molecule has 3 rings (SSSR count). The van der Waals surface area contributed by atoms with Crippen molar-refractivity contribution in [3.8, 4) is 0 Å². The van der Waals surface area contributed by atoms with Crippen LogP contribution in [0.25, 0.3) is 10.9 Å². The van der Waals surface area contributed by atoms with Gasteiger partial charge in [0.05, 0.1) is 6.61 Å². The van der Waals surface area contributed by atoms with E-state index >= 15 is 0 Å². The molecule has 0 aliphatic rings. The van der Waals surface area contributed by atoms with Crippen LogP contribution in [0.4, 0.5) is 0 Å². The van der Waals surface area contributed by atoms with Gasteiger partial charge in [0, 0.05) is 28.2 Å². The van der Waals surface area contributed by atoms with E-state index in [9.17, 15) is 4.79 Å². The molecule has 130 valence electrons. The van der Waals surface area contributed by atoms with Crippen LogP contribution in [0.5, 0.6) is 0 Å². The summed E-state index contributed by atoms with van der Waals surface area (Å²) in [5, 5.41) is 4.51. The fourth-order valence-corrected chi connectivity index (χ4v) is 3.25. The second-order valence-electron chi connectivity index (χ2n) is 6.19. The highest BCUT2D eigenvalue weighted by molar-refractivity contribution is 5.91. The molecule has 2 N–H and O–H groups in total. The number of rotatable bonds is 6. The number of ether oxygens (including phenoxy) is 1. The molecule has 0 fully saturated rings. The molecule has 25 heavy (non-hydrogen) atoms. The number of hydrogen-bond acceptors (Lipinski definition) is 3. The number of para-hydroxylation sites is 1. The molecule has 1 heterocycles. The number of nitrogens with one attached hydrogen (secondary N) is 2. The largest absolute Gasteiger partial charge is 0.465 e. The van der Waals surface area contributed by atoms with E-state index in [1.165, 1.54) is 0 Å². The van der Waals surface area contributed by atoms with Gasteiger partial charge in [-0.05, 0) is 32.4 Å². The molecule has 0 aliphatic heterocycles. The molecule has 0 saturated heterocycles. The lowest BCUT2D eigenvalue weighted by Gasteiger charge is -2.23. The number of fused-ring (bicyclic) bond motifs is 1. The molecule has 0 saturated carbocycles. The highest BCUT2D eigenvalue weighted by atomic mass is 16.5. The molecule has 0 bridgehead atoms. The summed E-state index contributed by atoms with van der Waals surface area (Å²) in [7, 11) is 0. The zero-order valence-electron chi connectivity index (χ0n) is 14.9. The average Bonchev–Trinajstić information content (AvgIpc) is 2.96. The number of carbonyl (C=O) groups excluding carboxylic acids is 1. The summed E-state index contributed by atoms with van der Waals surface area (Å²) in [4.78, 5) is 16.1. The number of benzene rings is 2. The molecule has 1 aromatic heterocycles. The van der Waals surface area contributed by atoms with Crippen LogP contribution in [0.2, 0.25) is 0 Å². The third-order valence-electron chi connectivity index (χ3n) is 4.47. The van der Waals surface area contributed by atoms with Crippen molar-refractivity contribution >= 4 is 16.9 Å². The predicted octanol–water partition coefficient (Wildman–Crippen LogP) is 4.43. The molecule has 4 heteroatoms. The van der Waals surface area contributed by atoms with E-state index in [0.717, 1.165) is 27.7 Å². The van der Waals surface area contributed by atoms with Gasteiger partial charge in [0.25, 0.3) is 0 Å². The van der Waals surface area contributed by atoms with Gasteiger partial charge in [-0.3, -0.25) is 5.32 Å². The summed E-state index contributed by atoms with van der Waals surface area (Å²) in [5.41, 5.74) is 4.09. The first-order chi connectivity index (χ1) is 12.1. The number of aryl methyl sites for hydroxylation is 1. The summed E-state index contributed by atoms with van der Waals surface area (Å²) in [6.07, 6.45) is 0. The van der Waals surface area contributed by atoms with Gasteiger partial charge < -0.3 is 9.72 Å². The maximum atomic E-state index is 12.7. The molecule has 2 aromatic carbocycles. The second kappa shape index (κ2) is 7.53. The van der Waals surface area contributed by atoms with Gasteiger partial charge in [-0.2, -0.15) is 0 Å². The van der Waals surface area contributed by atoms with Crippen LogP contribution in [0.15, 0.2) is 54.6 Å². The van der Waals surface area contributed by atoms with Gasteiger partial charge in [0.15, 0.2) is 0 Å². The standard InChI is InChI=1S/C21H24N2O2/c1-4-25-21(24)20(23-14(2)16-10-6-5-7-11-16)19-15(3)22-18-13-9-8-12-17(18)19/h5-14,20,22-23H,4H2,1-3H3/t14-,20?/m1/s1. The Bertz CT molecular complexity index is 855. The van der Waals surface area contributed by atoms with Crippen molar-refractivity contribution in [1.82, 2.24) is 10.3 Å². The Labute approximate surface area is 148 Å². The van der Waals surface area contributed by atoms with Gasteiger partial charge >= 0.3 is 5.97 Å². The first-order valence-corrected chi connectivity index (χ1v) is 8.66. The molecule has 0 radical (unpaired) electrons. The van der Waals surface area contributed by atoms with Gasteiger partial charge in [-0.1, -0.05) is 48.5 Å². The van der Waals surface area contributed by atoms with E-state index < -0.39 is 6.04 Å². The van der Waals surface area contributed by atoms with Crippen molar-refractivity contribution in [3.63, 3.8) is 0 Å². The van der Waals surface area contributed by atoms with Crippen LogP contribution >= 0.6 is 0 Å². The number of esters is 1.